The number of benzene rings is 1. The second kappa shape index (κ2) is 6.18. The van der Waals surface area contributed by atoms with Gasteiger partial charge in [0, 0.05) is 12.6 Å². The first-order valence-electron chi connectivity index (χ1n) is 8.25. The van der Waals surface area contributed by atoms with Gasteiger partial charge in [0.15, 0.2) is 0 Å². The lowest BCUT2D eigenvalue weighted by atomic mass is 9.78. The van der Waals surface area contributed by atoms with Crippen molar-refractivity contribution in [3.8, 4) is 0 Å². The summed E-state index contributed by atoms with van der Waals surface area (Å²) in [6.45, 7) is 5.38. The van der Waals surface area contributed by atoms with Crippen molar-refractivity contribution in [2.75, 3.05) is 0 Å². The highest BCUT2D eigenvalue weighted by molar-refractivity contribution is 5.82. The summed E-state index contributed by atoms with van der Waals surface area (Å²) in [6.07, 6.45) is 4.46. The molecule has 1 aromatic carbocycles. The Hall–Kier alpha value is -1.35. The third-order valence-corrected chi connectivity index (χ3v) is 5.43. The van der Waals surface area contributed by atoms with Crippen molar-refractivity contribution in [1.29, 1.82) is 0 Å². The van der Waals surface area contributed by atoms with E-state index < -0.39 is 0 Å². The molecule has 0 saturated heterocycles. The molecule has 1 heterocycles. The van der Waals surface area contributed by atoms with Gasteiger partial charge < -0.3 is 10.6 Å². The molecule has 3 nitrogen and oxygen atoms in total. The Balaban J connectivity index is 1.62. The van der Waals surface area contributed by atoms with Crippen LogP contribution in [0.4, 0.5) is 0 Å². The van der Waals surface area contributed by atoms with Gasteiger partial charge in [0.2, 0.25) is 5.91 Å². The molecule has 2 aliphatic rings. The minimum Gasteiger partial charge on any atom is -0.352 e. The molecule has 3 heteroatoms. The van der Waals surface area contributed by atoms with Gasteiger partial charge >= 0.3 is 0 Å². The Morgan fingerprint density at radius 2 is 1.95 bits per heavy atom. The predicted octanol–water partition coefficient (Wildman–Crippen LogP) is 2.64. The fraction of sp³-hybridized carbons (Fsp3) is 0.611. The minimum atomic E-state index is -0.0793. The van der Waals surface area contributed by atoms with Crippen LogP contribution in [0, 0.1) is 11.8 Å². The van der Waals surface area contributed by atoms with Crippen molar-refractivity contribution < 1.29 is 4.79 Å². The van der Waals surface area contributed by atoms with E-state index in [1.165, 1.54) is 24.0 Å². The first kappa shape index (κ1) is 14.6. The number of carbonyl (C=O) groups excluding carboxylic acids is 1. The largest absolute Gasteiger partial charge is 0.352 e. The van der Waals surface area contributed by atoms with Crippen LogP contribution < -0.4 is 10.6 Å². The molecular weight excluding hydrogens is 260 g/mol. The average molecular weight is 286 g/mol. The smallest absolute Gasteiger partial charge is 0.237 e. The number of nitrogens with one attached hydrogen (secondary N) is 2. The van der Waals surface area contributed by atoms with E-state index in [0.29, 0.717) is 17.9 Å². The number of carbonyl (C=O) groups is 1. The quantitative estimate of drug-likeness (QED) is 0.877. The molecule has 1 aliphatic heterocycles. The van der Waals surface area contributed by atoms with E-state index in [0.717, 1.165) is 19.4 Å². The molecule has 114 valence electrons. The number of fused-ring (bicyclic) bond motifs is 1. The topological polar surface area (TPSA) is 41.1 Å². The molecule has 21 heavy (non-hydrogen) atoms. The molecule has 0 radical (unpaired) electrons. The predicted molar refractivity (Wildman–Crippen MR) is 84.9 cm³/mol. The highest BCUT2D eigenvalue weighted by Crippen LogP contribution is 2.29. The van der Waals surface area contributed by atoms with E-state index in [1.54, 1.807) is 0 Å². The van der Waals surface area contributed by atoms with Gasteiger partial charge in [0.25, 0.3) is 0 Å². The van der Waals surface area contributed by atoms with Crippen LogP contribution in [0.5, 0.6) is 0 Å². The molecule has 3 rings (SSSR count). The van der Waals surface area contributed by atoms with E-state index in [-0.39, 0.29) is 11.9 Å². The molecule has 0 aromatic heterocycles. The lowest BCUT2D eigenvalue weighted by molar-refractivity contribution is -0.124. The van der Waals surface area contributed by atoms with Crippen LogP contribution in [-0.4, -0.2) is 18.0 Å². The number of amides is 1. The summed E-state index contributed by atoms with van der Waals surface area (Å²) in [5.74, 6) is 1.47. The SMILES string of the molecule is CC1CCCC(NC(=O)C2Cc3ccccc3CN2)C1C. The zero-order valence-corrected chi connectivity index (χ0v) is 13.1. The highest BCUT2D eigenvalue weighted by atomic mass is 16.2. The molecule has 4 unspecified atom stereocenters. The zero-order valence-electron chi connectivity index (χ0n) is 13.1. The van der Waals surface area contributed by atoms with Gasteiger partial charge in [-0.1, -0.05) is 51.0 Å². The van der Waals surface area contributed by atoms with Crippen molar-refractivity contribution in [1.82, 2.24) is 10.6 Å². The lowest BCUT2D eigenvalue weighted by Gasteiger charge is -2.36. The Labute approximate surface area is 127 Å². The molecule has 1 aliphatic carbocycles. The lowest BCUT2D eigenvalue weighted by Crippen LogP contribution is -2.53. The summed E-state index contributed by atoms with van der Waals surface area (Å²) in [6, 6.07) is 8.67. The monoisotopic (exact) mass is 286 g/mol. The molecule has 2 N–H and O–H groups in total. The second-order valence-corrected chi connectivity index (χ2v) is 6.79. The molecule has 1 aromatic rings. The third kappa shape index (κ3) is 3.13. The second-order valence-electron chi connectivity index (χ2n) is 6.79. The molecule has 4 atom stereocenters. The summed E-state index contributed by atoms with van der Waals surface area (Å²) >= 11 is 0. The maximum absolute atomic E-state index is 12.6. The first-order valence-corrected chi connectivity index (χ1v) is 8.25. The van der Waals surface area contributed by atoms with Gasteiger partial charge in [0.1, 0.15) is 0 Å². The Morgan fingerprint density at radius 1 is 1.19 bits per heavy atom. The van der Waals surface area contributed by atoms with E-state index in [1.807, 2.05) is 0 Å². The maximum Gasteiger partial charge on any atom is 0.237 e. The van der Waals surface area contributed by atoms with Gasteiger partial charge in [0.05, 0.1) is 6.04 Å². The van der Waals surface area contributed by atoms with Crippen LogP contribution in [0.15, 0.2) is 24.3 Å². The van der Waals surface area contributed by atoms with Crippen LogP contribution in [-0.2, 0) is 17.8 Å². The molecule has 1 amide bonds. The van der Waals surface area contributed by atoms with Gasteiger partial charge in [-0.25, -0.2) is 0 Å². The van der Waals surface area contributed by atoms with E-state index >= 15 is 0 Å². The summed E-state index contributed by atoms with van der Waals surface area (Å²) in [5, 5.41) is 6.68. The first-order chi connectivity index (χ1) is 10.1. The molecular formula is C18H26N2O. The van der Waals surface area contributed by atoms with Crippen molar-refractivity contribution in [2.45, 2.75) is 58.2 Å². The van der Waals surface area contributed by atoms with Crippen molar-refractivity contribution >= 4 is 5.91 Å². The fourth-order valence-electron chi connectivity index (χ4n) is 3.71. The van der Waals surface area contributed by atoms with Crippen LogP contribution in [0.1, 0.15) is 44.2 Å². The standard InChI is InChI=1S/C18H26N2O/c1-12-6-5-9-16(13(12)2)20-18(21)17-10-14-7-3-4-8-15(14)11-19-17/h3-4,7-8,12-13,16-17,19H,5-6,9-11H2,1-2H3,(H,20,21). The number of rotatable bonds is 2. The van der Waals surface area contributed by atoms with E-state index in [2.05, 4.69) is 48.7 Å². The van der Waals surface area contributed by atoms with Crippen LogP contribution in [0.3, 0.4) is 0 Å². The van der Waals surface area contributed by atoms with Gasteiger partial charge in [-0.15, -0.1) is 0 Å². The van der Waals surface area contributed by atoms with Gasteiger partial charge in [-0.05, 0) is 35.8 Å². The number of hydrogen-bond acceptors (Lipinski definition) is 2. The van der Waals surface area contributed by atoms with Gasteiger partial charge in [-0.2, -0.15) is 0 Å². The Morgan fingerprint density at radius 3 is 2.76 bits per heavy atom. The summed E-state index contributed by atoms with van der Waals surface area (Å²) < 4.78 is 0. The maximum atomic E-state index is 12.6. The van der Waals surface area contributed by atoms with Crippen LogP contribution >= 0.6 is 0 Å². The third-order valence-electron chi connectivity index (χ3n) is 5.43. The fourth-order valence-corrected chi connectivity index (χ4v) is 3.71. The van der Waals surface area contributed by atoms with E-state index in [9.17, 15) is 4.79 Å². The zero-order chi connectivity index (χ0) is 14.8. The summed E-state index contributed by atoms with van der Waals surface area (Å²) in [7, 11) is 0. The van der Waals surface area contributed by atoms with Crippen molar-refractivity contribution in [3.63, 3.8) is 0 Å². The molecule has 0 bridgehead atoms. The highest BCUT2D eigenvalue weighted by Gasteiger charge is 2.31. The van der Waals surface area contributed by atoms with Crippen LogP contribution in [0.2, 0.25) is 0 Å². The Bertz CT molecular complexity index is 514. The normalized spacial score (nSPS) is 32.3. The van der Waals surface area contributed by atoms with Crippen molar-refractivity contribution in [3.05, 3.63) is 35.4 Å². The van der Waals surface area contributed by atoms with Crippen LogP contribution in [0.25, 0.3) is 0 Å². The van der Waals surface area contributed by atoms with Gasteiger partial charge in [-0.3, -0.25) is 4.79 Å². The molecule has 1 saturated carbocycles. The average Bonchev–Trinajstić information content (AvgIpc) is 2.51. The summed E-state index contributed by atoms with van der Waals surface area (Å²) in [4.78, 5) is 12.6. The molecule has 1 fully saturated rings. The Kier molecular flexibility index (Phi) is 4.29. The minimum absolute atomic E-state index is 0.0793. The van der Waals surface area contributed by atoms with E-state index in [4.69, 9.17) is 0 Å². The number of hydrogen-bond donors (Lipinski definition) is 2. The summed E-state index contributed by atoms with van der Waals surface area (Å²) in [5.41, 5.74) is 2.63. The molecule has 0 spiro atoms. The van der Waals surface area contributed by atoms with Crippen molar-refractivity contribution in [2.24, 2.45) is 11.8 Å².